The molecule has 0 saturated heterocycles. The van der Waals surface area contributed by atoms with Crippen LogP contribution in [0.15, 0.2) is 24.3 Å². The van der Waals surface area contributed by atoms with E-state index in [1.807, 2.05) is 31.2 Å². The number of hydrogen-bond acceptors (Lipinski definition) is 3. The summed E-state index contributed by atoms with van der Waals surface area (Å²) in [6.45, 7) is 2.89. The lowest BCUT2D eigenvalue weighted by molar-refractivity contribution is 0.0222. The maximum atomic E-state index is 10.5. The van der Waals surface area contributed by atoms with E-state index in [0.29, 0.717) is 12.5 Å². The summed E-state index contributed by atoms with van der Waals surface area (Å²) in [5.74, 6) is 1.16. The van der Waals surface area contributed by atoms with Gasteiger partial charge in [0, 0.05) is 6.54 Å². The molecule has 0 bridgehead atoms. The van der Waals surface area contributed by atoms with E-state index in [4.69, 9.17) is 10.5 Å². The maximum Gasteiger partial charge on any atom is 0.119 e. The second-order valence-electron chi connectivity index (χ2n) is 4.36. The van der Waals surface area contributed by atoms with Crippen LogP contribution in [0.4, 0.5) is 0 Å². The summed E-state index contributed by atoms with van der Waals surface area (Å²) in [6, 6.07) is 7.61. The molecule has 0 aliphatic heterocycles. The van der Waals surface area contributed by atoms with Crippen molar-refractivity contribution < 1.29 is 9.84 Å². The summed E-state index contributed by atoms with van der Waals surface area (Å²) in [7, 11) is 0. The molecular formula is C13H19NO2. The second-order valence-corrected chi connectivity index (χ2v) is 4.36. The van der Waals surface area contributed by atoms with E-state index in [0.717, 1.165) is 24.2 Å². The third-order valence-corrected chi connectivity index (χ3v) is 3.23. The van der Waals surface area contributed by atoms with Crippen LogP contribution >= 0.6 is 0 Å². The summed E-state index contributed by atoms with van der Waals surface area (Å²) >= 11 is 0. The molecule has 1 atom stereocenters. The Bertz CT molecular complexity index is 345. The van der Waals surface area contributed by atoms with Gasteiger partial charge in [-0.2, -0.15) is 0 Å². The van der Waals surface area contributed by atoms with Crippen molar-refractivity contribution in [2.45, 2.75) is 25.4 Å². The molecule has 0 amide bonds. The molecule has 0 spiro atoms. The van der Waals surface area contributed by atoms with Gasteiger partial charge in [-0.15, -0.1) is 0 Å². The smallest absolute Gasteiger partial charge is 0.119 e. The lowest BCUT2D eigenvalue weighted by Gasteiger charge is -2.27. The minimum absolute atomic E-state index is 0.283. The quantitative estimate of drug-likeness (QED) is 0.794. The number of aliphatic hydroxyl groups is 1. The Morgan fingerprint density at radius 3 is 2.44 bits per heavy atom. The molecule has 3 N–H and O–H groups in total. The van der Waals surface area contributed by atoms with Gasteiger partial charge in [0.2, 0.25) is 0 Å². The molecule has 1 aliphatic rings. The van der Waals surface area contributed by atoms with Crippen molar-refractivity contribution >= 4 is 0 Å². The topological polar surface area (TPSA) is 55.5 Å². The fourth-order valence-corrected chi connectivity index (χ4v) is 2.09. The maximum absolute atomic E-state index is 10.5. The average molecular weight is 221 g/mol. The number of benzene rings is 1. The van der Waals surface area contributed by atoms with E-state index in [1.165, 1.54) is 0 Å². The highest BCUT2D eigenvalue weighted by molar-refractivity contribution is 5.32. The van der Waals surface area contributed by atoms with Gasteiger partial charge in [0.1, 0.15) is 11.4 Å². The highest BCUT2D eigenvalue weighted by atomic mass is 16.5. The Balaban J connectivity index is 2.19. The van der Waals surface area contributed by atoms with Crippen LogP contribution in [0, 0.1) is 5.92 Å². The minimum Gasteiger partial charge on any atom is -0.494 e. The molecule has 2 rings (SSSR count). The van der Waals surface area contributed by atoms with Crippen LogP contribution in [0.5, 0.6) is 5.75 Å². The first-order valence-corrected chi connectivity index (χ1v) is 5.86. The van der Waals surface area contributed by atoms with E-state index >= 15 is 0 Å². The Kier molecular flexibility index (Phi) is 3.17. The monoisotopic (exact) mass is 221 g/mol. The van der Waals surface area contributed by atoms with Crippen LogP contribution in [0.1, 0.15) is 25.3 Å². The molecule has 3 nitrogen and oxygen atoms in total. The molecule has 1 fully saturated rings. The van der Waals surface area contributed by atoms with Crippen molar-refractivity contribution in [3.05, 3.63) is 29.8 Å². The van der Waals surface area contributed by atoms with Gasteiger partial charge in [0.15, 0.2) is 0 Å². The largest absolute Gasteiger partial charge is 0.494 e. The van der Waals surface area contributed by atoms with Gasteiger partial charge in [-0.3, -0.25) is 0 Å². The van der Waals surface area contributed by atoms with Gasteiger partial charge in [-0.1, -0.05) is 12.1 Å². The average Bonchev–Trinajstić information content (AvgIpc) is 3.14. The lowest BCUT2D eigenvalue weighted by atomic mass is 9.89. The van der Waals surface area contributed by atoms with Crippen LogP contribution < -0.4 is 10.5 Å². The van der Waals surface area contributed by atoms with Crippen molar-refractivity contribution in [3.63, 3.8) is 0 Å². The number of hydrogen-bond donors (Lipinski definition) is 2. The second kappa shape index (κ2) is 4.44. The summed E-state index contributed by atoms with van der Waals surface area (Å²) in [6.07, 6.45) is 2.14. The molecule has 0 heterocycles. The molecule has 0 aromatic heterocycles. The Hall–Kier alpha value is -1.06. The van der Waals surface area contributed by atoms with Crippen molar-refractivity contribution in [1.82, 2.24) is 0 Å². The van der Waals surface area contributed by atoms with Gasteiger partial charge in [-0.25, -0.2) is 0 Å². The molecular weight excluding hydrogens is 202 g/mol. The van der Waals surface area contributed by atoms with Crippen molar-refractivity contribution in [1.29, 1.82) is 0 Å². The van der Waals surface area contributed by atoms with Crippen molar-refractivity contribution in [2.75, 3.05) is 13.2 Å². The standard InChI is InChI=1S/C13H19NO2/c1-2-16-12-7-5-11(6-8-12)13(15,9-14)10-3-4-10/h5-8,10,15H,2-4,9,14H2,1H3. The van der Waals surface area contributed by atoms with E-state index < -0.39 is 5.60 Å². The Labute approximate surface area is 96.2 Å². The van der Waals surface area contributed by atoms with Crippen LogP contribution in [0.25, 0.3) is 0 Å². The Morgan fingerprint density at radius 2 is 2.00 bits per heavy atom. The molecule has 0 radical (unpaired) electrons. The molecule has 1 aliphatic carbocycles. The molecule has 1 aromatic rings. The third-order valence-electron chi connectivity index (χ3n) is 3.23. The fraction of sp³-hybridized carbons (Fsp3) is 0.538. The number of ether oxygens (including phenoxy) is 1. The minimum atomic E-state index is -0.843. The van der Waals surface area contributed by atoms with Gasteiger partial charge in [0.05, 0.1) is 6.61 Å². The van der Waals surface area contributed by atoms with Crippen LogP contribution in [0.2, 0.25) is 0 Å². The molecule has 3 heteroatoms. The van der Waals surface area contributed by atoms with Gasteiger partial charge >= 0.3 is 0 Å². The highest BCUT2D eigenvalue weighted by Crippen LogP contribution is 2.45. The van der Waals surface area contributed by atoms with Gasteiger partial charge in [-0.05, 0) is 43.4 Å². The van der Waals surface area contributed by atoms with Gasteiger partial charge < -0.3 is 15.6 Å². The lowest BCUT2D eigenvalue weighted by Crippen LogP contribution is -2.37. The van der Waals surface area contributed by atoms with E-state index in [-0.39, 0.29) is 6.54 Å². The molecule has 1 saturated carbocycles. The first-order valence-electron chi connectivity index (χ1n) is 5.86. The molecule has 16 heavy (non-hydrogen) atoms. The number of rotatable bonds is 5. The van der Waals surface area contributed by atoms with Crippen molar-refractivity contribution in [3.8, 4) is 5.75 Å². The zero-order chi connectivity index (χ0) is 11.6. The Morgan fingerprint density at radius 1 is 1.38 bits per heavy atom. The molecule has 1 unspecified atom stereocenters. The normalized spacial score (nSPS) is 19.2. The first-order chi connectivity index (χ1) is 7.70. The predicted octanol–water partition coefficient (Wildman–Crippen LogP) is 1.64. The van der Waals surface area contributed by atoms with Crippen LogP contribution in [-0.2, 0) is 5.60 Å². The summed E-state index contributed by atoms with van der Waals surface area (Å²) in [4.78, 5) is 0. The van der Waals surface area contributed by atoms with Crippen molar-refractivity contribution in [2.24, 2.45) is 11.7 Å². The van der Waals surface area contributed by atoms with E-state index in [9.17, 15) is 5.11 Å². The predicted molar refractivity (Wildman–Crippen MR) is 63.3 cm³/mol. The van der Waals surface area contributed by atoms with E-state index in [2.05, 4.69) is 0 Å². The third kappa shape index (κ3) is 2.06. The van der Waals surface area contributed by atoms with Gasteiger partial charge in [0.25, 0.3) is 0 Å². The van der Waals surface area contributed by atoms with E-state index in [1.54, 1.807) is 0 Å². The molecule has 88 valence electrons. The first kappa shape index (κ1) is 11.4. The molecule has 1 aromatic carbocycles. The summed E-state index contributed by atoms with van der Waals surface area (Å²) in [5.41, 5.74) is 5.76. The fourth-order valence-electron chi connectivity index (χ4n) is 2.09. The zero-order valence-electron chi connectivity index (χ0n) is 9.65. The summed E-state index contributed by atoms with van der Waals surface area (Å²) in [5, 5.41) is 10.5. The van der Waals surface area contributed by atoms with Crippen LogP contribution in [-0.4, -0.2) is 18.3 Å². The SMILES string of the molecule is CCOc1ccc(C(O)(CN)C2CC2)cc1. The number of nitrogens with two attached hydrogens (primary N) is 1. The van der Waals surface area contributed by atoms with Crippen LogP contribution in [0.3, 0.4) is 0 Å². The highest BCUT2D eigenvalue weighted by Gasteiger charge is 2.43. The zero-order valence-corrected chi connectivity index (χ0v) is 9.65. The summed E-state index contributed by atoms with van der Waals surface area (Å²) < 4.78 is 5.37.